The summed E-state index contributed by atoms with van der Waals surface area (Å²) in [7, 11) is 0. The van der Waals surface area contributed by atoms with Crippen LogP contribution >= 0.6 is 15.9 Å². The first-order valence-corrected chi connectivity index (χ1v) is 32.9. The van der Waals surface area contributed by atoms with Gasteiger partial charge in [-0.05, 0) is 299 Å². The molecular weight excluding hydrogens is 1100 g/mol. The molecule has 0 amide bonds. The molecule has 5 N–H and O–H groups in total. The molecule has 12 fully saturated rings. The Morgan fingerprint density at radius 3 is 0.938 bits per heavy atom. The van der Waals surface area contributed by atoms with E-state index in [0.29, 0.717) is 28.9 Å². The van der Waals surface area contributed by atoms with E-state index in [9.17, 15) is 53.1 Å². The maximum absolute atomic E-state index is 12.5. The van der Waals surface area contributed by atoms with Crippen molar-refractivity contribution in [3.8, 4) is 0 Å². The molecule has 0 spiro atoms. The van der Waals surface area contributed by atoms with E-state index in [2.05, 4.69) is 36.7 Å². The molecule has 0 aromatic heterocycles. The predicted molar refractivity (Wildman–Crippen MR) is 298 cm³/mol. The van der Waals surface area contributed by atoms with Crippen molar-refractivity contribution in [3.05, 3.63) is 0 Å². The minimum Gasteiger partial charge on any atom is -0.542 e. The average molecular weight is 1200 g/mol. The van der Waals surface area contributed by atoms with Crippen molar-refractivity contribution in [1.82, 2.24) is 0 Å². The van der Waals surface area contributed by atoms with Crippen LogP contribution in [0.15, 0.2) is 0 Å². The minimum absolute atomic E-state index is 0. The summed E-state index contributed by atoms with van der Waals surface area (Å²) in [6.45, 7) is 12.7. The number of carbonyl (C=O) groups excluding carboxylic acids is 4. The third-order valence-electron chi connectivity index (χ3n) is 26.6. The zero-order valence-corrected chi connectivity index (χ0v) is 53.5. The topological polar surface area (TPSA) is 192 Å². The second-order valence-corrected chi connectivity index (χ2v) is 31.2. The van der Waals surface area contributed by atoms with E-state index in [-0.39, 0.29) is 82.4 Å². The Labute approximate surface area is 507 Å². The number of carboxylic acid groups (broad SMARTS) is 1. The number of ketones is 3. The van der Waals surface area contributed by atoms with Crippen molar-refractivity contribution >= 4 is 39.2 Å². The molecule has 12 rings (SSSR count). The van der Waals surface area contributed by atoms with Crippen molar-refractivity contribution in [2.75, 3.05) is 18.5 Å². The maximum Gasteiger partial charge on any atom is 1.00 e. The molecule has 10 nitrogen and oxygen atoms in total. The van der Waals surface area contributed by atoms with Crippen LogP contribution in [-0.4, -0.2) is 90.4 Å². The molecule has 12 aliphatic rings. The first kappa shape index (κ1) is 65.5. The van der Waals surface area contributed by atoms with Gasteiger partial charge in [0, 0.05) is 17.8 Å². The van der Waals surface area contributed by atoms with E-state index in [0.717, 1.165) is 148 Å². The summed E-state index contributed by atoms with van der Waals surface area (Å²) in [5.41, 5.74) is -0.773. The summed E-state index contributed by atoms with van der Waals surface area (Å²) < 4.78 is 31.5. The molecular formula is C65H101BrF3NaO10. The summed E-state index contributed by atoms with van der Waals surface area (Å²) in [5.74, 6) is 9.80. The Bertz CT molecular complexity index is 1990. The van der Waals surface area contributed by atoms with Crippen LogP contribution in [0.2, 0.25) is 0 Å². The van der Waals surface area contributed by atoms with Gasteiger partial charge in [0.05, 0.1) is 22.1 Å². The second kappa shape index (κ2) is 25.0. The molecule has 0 saturated heterocycles. The van der Waals surface area contributed by atoms with Gasteiger partial charge < -0.3 is 35.4 Å². The van der Waals surface area contributed by atoms with Crippen molar-refractivity contribution in [2.24, 2.45) is 123 Å². The zero-order valence-electron chi connectivity index (χ0n) is 49.9. The number of carbonyl (C=O) groups is 4. The second-order valence-electron chi connectivity index (χ2n) is 30.7. The summed E-state index contributed by atoms with van der Waals surface area (Å²) in [5, 5.41) is 59.5. The SMILES string of the molecule is C[C@@]1(O)CC[C@H]2[C@H](CC[C@@H]3[C@@H]2CC[C@]2(C)[C@@H](C(=O)CBr)CC[C@@H]32)C1.C[C@@]1(O)CC[C@H]2[C@H](CC[C@@H]3[C@@H]2CC[C@]2(C)[C@@H](C(=O)CO)CC[C@@H]32)C1.C[C@]1(O)CC[C@H]2[C@H](CC[C@@H]3[C@@H]2CC[C@]2(C)[C@@H](C(=O)CO)CC[C@@H]32)C1.O=C([O-])C(F)(F)F.[Na+]. The summed E-state index contributed by atoms with van der Waals surface area (Å²) in [6, 6.07) is 0. The van der Waals surface area contributed by atoms with Gasteiger partial charge in [-0.2, -0.15) is 13.2 Å². The third kappa shape index (κ3) is 12.8. The summed E-state index contributed by atoms with van der Waals surface area (Å²) in [6.07, 6.45) is 26.3. The van der Waals surface area contributed by atoms with Gasteiger partial charge in [-0.1, -0.05) is 36.7 Å². The Balaban J connectivity index is 0.000000148. The Hall–Kier alpha value is -0.450. The molecule has 80 heavy (non-hydrogen) atoms. The molecule has 0 heterocycles. The first-order valence-electron chi connectivity index (χ1n) is 31.8. The van der Waals surface area contributed by atoms with Gasteiger partial charge in [0.1, 0.15) is 25.0 Å². The largest absolute Gasteiger partial charge is 1.00 e. The number of halogens is 4. The minimum atomic E-state index is -5.19. The van der Waals surface area contributed by atoms with E-state index in [1.165, 1.54) is 103 Å². The first-order chi connectivity index (χ1) is 37.0. The molecule has 0 bridgehead atoms. The molecule has 0 aromatic carbocycles. The molecule has 0 aliphatic heterocycles. The van der Waals surface area contributed by atoms with E-state index in [4.69, 9.17) is 9.90 Å². The van der Waals surface area contributed by atoms with Crippen LogP contribution in [0.1, 0.15) is 215 Å². The van der Waals surface area contributed by atoms with E-state index >= 15 is 0 Å². The molecule has 0 aromatic rings. The van der Waals surface area contributed by atoms with Crippen molar-refractivity contribution < 1.29 is 92.5 Å². The van der Waals surface area contributed by atoms with Crippen molar-refractivity contribution in [2.45, 2.75) is 238 Å². The van der Waals surface area contributed by atoms with Crippen LogP contribution in [0.5, 0.6) is 0 Å². The Morgan fingerprint density at radius 2 is 0.688 bits per heavy atom. The fraction of sp³-hybridized carbons (Fsp3) is 0.938. The fourth-order valence-corrected chi connectivity index (χ4v) is 23.5. The van der Waals surface area contributed by atoms with Gasteiger partial charge in [0.2, 0.25) is 0 Å². The zero-order chi connectivity index (χ0) is 57.4. The number of rotatable bonds is 6. The van der Waals surface area contributed by atoms with Crippen LogP contribution in [0.4, 0.5) is 13.2 Å². The van der Waals surface area contributed by atoms with Gasteiger partial charge in [-0.3, -0.25) is 14.4 Å². The van der Waals surface area contributed by atoms with E-state index in [1.807, 2.05) is 20.8 Å². The molecule has 24 atom stereocenters. The van der Waals surface area contributed by atoms with Gasteiger partial charge in [-0.25, -0.2) is 0 Å². The van der Waals surface area contributed by atoms with Crippen molar-refractivity contribution in [1.29, 1.82) is 0 Å². The number of Topliss-reactive ketones (excluding diaryl/α,β-unsaturated/α-hetero) is 3. The number of aliphatic hydroxyl groups is 5. The number of carboxylic acids is 1. The Kier molecular flexibility index (Phi) is 20.5. The average Bonchev–Trinajstić information content (AvgIpc) is 4.23. The molecule has 15 heteroatoms. The number of aliphatic carboxylic acids is 1. The quantitative estimate of drug-likeness (QED) is 0.127. The van der Waals surface area contributed by atoms with E-state index < -0.39 is 28.9 Å². The molecule has 0 radical (unpaired) electrons. The van der Waals surface area contributed by atoms with Gasteiger partial charge >= 0.3 is 35.7 Å². The summed E-state index contributed by atoms with van der Waals surface area (Å²) in [4.78, 5) is 45.8. The number of aliphatic hydroxyl groups excluding tert-OH is 2. The van der Waals surface area contributed by atoms with Crippen LogP contribution in [-0.2, 0) is 19.2 Å². The fourth-order valence-electron chi connectivity index (χ4n) is 23.1. The molecule has 12 aliphatic carbocycles. The monoisotopic (exact) mass is 1200 g/mol. The van der Waals surface area contributed by atoms with Crippen LogP contribution < -0.4 is 34.7 Å². The number of hydrogen-bond acceptors (Lipinski definition) is 10. The van der Waals surface area contributed by atoms with Crippen LogP contribution in [0.25, 0.3) is 0 Å². The number of alkyl halides is 4. The maximum atomic E-state index is 12.5. The van der Waals surface area contributed by atoms with Crippen LogP contribution in [0.3, 0.4) is 0 Å². The van der Waals surface area contributed by atoms with Gasteiger partial charge in [-0.15, -0.1) is 0 Å². The normalized spacial score (nSPS) is 49.4. The molecule has 12 saturated carbocycles. The number of hydrogen-bond donors (Lipinski definition) is 5. The van der Waals surface area contributed by atoms with Crippen molar-refractivity contribution in [3.63, 3.8) is 0 Å². The van der Waals surface area contributed by atoms with Gasteiger partial charge in [0.25, 0.3) is 0 Å². The molecule has 450 valence electrons. The molecule has 0 unspecified atom stereocenters. The van der Waals surface area contributed by atoms with E-state index in [1.54, 1.807) is 0 Å². The third-order valence-corrected chi connectivity index (χ3v) is 27.1. The van der Waals surface area contributed by atoms with Crippen LogP contribution in [0, 0.1) is 123 Å². The van der Waals surface area contributed by atoms with Gasteiger partial charge in [0.15, 0.2) is 11.6 Å². The summed E-state index contributed by atoms with van der Waals surface area (Å²) >= 11 is 3.42. The predicted octanol–water partition coefficient (Wildman–Crippen LogP) is 8.41. The number of fused-ring (bicyclic) bond motifs is 15. The standard InChI is InChI=1S/C21H33BrO2.2C21H34O3.C2HF3O2.Na/c3*1-20(24)9-7-14-13(11-20)3-4-16-15(14)8-10-21(2)17(16)5-6-18(21)19(23)12-22;3-2(4,5)1(6)7;/h13-18,24H,3-12H2,1-2H3;2*13-18,22,24H,3-12H2,1-2H3;(H,6,7);/q;;;;+1/p-1/t13-,14+,15-,16-,17+,18-,20-,21+;13-,14+,15-,16-,17+,18-,20+,21+;13-,14+,15-,16-,17+,18-,20-,21+;;/m111../s1. The smallest absolute Gasteiger partial charge is 0.542 e. The Morgan fingerprint density at radius 1 is 0.425 bits per heavy atom.